The molecular formula is C25H34N2O2. The fourth-order valence-electron chi connectivity index (χ4n) is 7.41. The quantitative estimate of drug-likeness (QED) is 0.733. The van der Waals surface area contributed by atoms with E-state index < -0.39 is 0 Å². The summed E-state index contributed by atoms with van der Waals surface area (Å²) in [4.78, 5) is 16.5. The molecule has 2 heterocycles. The van der Waals surface area contributed by atoms with Crippen LogP contribution in [0.25, 0.3) is 5.57 Å². The SMILES string of the molecule is CCc1cncc(C2=CCC3C4CCC5OC(=O)NCCC5(C)C4CCC23C)c1. The number of hydrogen-bond donors (Lipinski definition) is 1. The Morgan fingerprint density at radius 1 is 1.17 bits per heavy atom. The summed E-state index contributed by atoms with van der Waals surface area (Å²) in [6.07, 6.45) is 14.4. The summed E-state index contributed by atoms with van der Waals surface area (Å²) in [6.45, 7) is 7.85. The summed E-state index contributed by atoms with van der Waals surface area (Å²) < 4.78 is 5.85. The van der Waals surface area contributed by atoms with Crippen LogP contribution < -0.4 is 5.32 Å². The third-order valence-electron chi connectivity index (χ3n) is 9.06. The summed E-state index contributed by atoms with van der Waals surface area (Å²) in [6, 6.07) is 2.35. The molecule has 0 spiro atoms. The molecule has 2 saturated carbocycles. The molecule has 1 amide bonds. The van der Waals surface area contributed by atoms with Gasteiger partial charge in [-0.3, -0.25) is 4.98 Å². The third kappa shape index (κ3) is 2.85. The zero-order valence-corrected chi connectivity index (χ0v) is 18.0. The Morgan fingerprint density at radius 3 is 2.86 bits per heavy atom. The van der Waals surface area contributed by atoms with Gasteiger partial charge in [-0.05, 0) is 90.9 Å². The Kier molecular flexibility index (Phi) is 4.52. The molecule has 4 nitrogen and oxygen atoms in total. The number of fused-ring (bicyclic) bond motifs is 5. The molecule has 1 aromatic heterocycles. The second-order valence-corrected chi connectivity index (χ2v) is 10.3. The predicted molar refractivity (Wildman–Crippen MR) is 114 cm³/mol. The van der Waals surface area contributed by atoms with Crippen molar-refractivity contribution in [3.8, 4) is 0 Å². The highest BCUT2D eigenvalue weighted by atomic mass is 16.6. The van der Waals surface area contributed by atoms with E-state index in [-0.39, 0.29) is 23.0 Å². The second kappa shape index (κ2) is 6.85. The minimum atomic E-state index is -0.217. The molecule has 6 unspecified atom stereocenters. The van der Waals surface area contributed by atoms with Crippen molar-refractivity contribution in [2.24, 2.45) is 28.6 Å². The largest absolute Gasteiger partial charge is 0.446 e. The monoisotopic (exact) mass is 394 g/mol. The van der Waals surface area contributed by atoms with Crippen molar-refractivity contribution >= 4 is 11.7 Å². The normalized spacial score (nSPS) is 41.2. The summed E-state index contributed by atoms with van der Waals surface area (Å²) in [7, 11) is 0. The Labute approximate surface area is 174 Å². The lowest BCUT2D eigenvalue weighted by atomic mass is 9.48. The minimum Gasteiger partial charge on any atom is -0.446 e. The Hall–Kier alpha value is -1.84. The molecule has 0 bridgehead atoms. The van der Waals surface area contributed by atoms with Crippen LogP contribution in [0.2, 0.25) is 0 Å². The van der Waals surface area contributed by atoms with Gasteiger partial charge in [0.05, 0.1) is 0 Å². The lowest BCUT2D eigenvalue weighted by molar-refractivity contribution is -0.113. The van der Waals surface area contributed by atoms with Gasteiger partial charge >= 0.3 is 6.09 Å². The number of nitrogens with zero attached hydrogens (tertiary/aromatic N) is 1. The first-order chi connectivity index (χ1) is 14.0. The molecule has 5 rings (SSSR count). The van der Waals surface area contributed by atoms with Crippen molar-refractivity contribution < 1.29 is 9.53 Å². The van der Waals surface area contributed by atoms with Crippen molar-refractivity contribution in [3.63, 3.8) is 0 Å². The molecular weight excluding hydrogens is 360 g/mol. The molecule has 1 aromatic rings. The summed E-state index contributed by atoms with van der Waals surface area (Å²) in [5.41, 5.74) is 4.55. The average Bonchev–Trinajstić information content (AvgIpc) is 2.99. The maximum absolute atomic E-state index is 12.0. The van der Waals surface area contributed by atoms with Gasteiger partial charge in [0.25, 0.3) is 0 Å². The van der Waals surface area contributed by atoms with Crippen LogP contribution >= 0.6 is 0 Å². The average molecular weight is 395 g/mol. The number of alkyl carbamates (subject to hydrolysis) is 1. The lowest BCUT2D eigenvalue weighted by Crippen LogP contribution is -2.53. The maximum Gasteiger partial charge on any atom is 0.407 e. The number of aryl methyl sites for hydroxylation is 1. The third-order valence-corrected chi connectivity index (χ3v) is 9.06. The molecule has 6 atom stereocenters. The molecule has 29 heavy (non-hydrogen) atoms. The molecule has 0 radical (unpaired) electrons. The van der Waals surface area contributed by atoms with Gasteiger partial charge in [-0.1, -0.05) is 26.8 Å². The van der Waals surface area contributed by atoms with E-state index in [1.807, 2.05) is 6.20 Å². The van der Waals surface area contributed by atoms with Crippen molar-refractivity contribution in [1.82, 2.24) is 10.3 Å². The van der Waals surface area contributed by atoms with E-state index in [4.69, 9.17) is 4.74 Å². The topological polar surface area (TPSA) is 51.2 Å². The molecule has 4 aliphatic rings. The van der Waals surface area contributed by atoms with Gasteiger partial charge in [-0.25, -0.2) is 4.79 Å². The molecule has 4 heteroatoms. The number of nitrogens with one attached hydrogen (secondary N) is 1. The molecule has 156 valence electrons. The summed E-state index contributed by atoms with van der Waals surface area (Å²) in [5.74, 6) is 2.08. The molecule has 1 N–H and O–H groups in total. The first-order valence-electron chi connectivity index (χ1n) is 11.5. The minimum absolute atomic E-state index is 0.0786. The number of hydrogen-bond acceptors (Lipinski definition) is 3. The lowest BCUT2D eigenvalue weighted by Gasteiger charge is -2.57. The summed E-state index contributed by atoms with van der Waals surface area (Å²) >= 11 is 0. The van der Waals surface area contributed by atoms with Gasteiger partial charge in [0, 0.05) is 24.4 Å². The van der Waals surface area contributed by atoms with Crippen LogP contribution in [0.15, 0.2) is 24.5 Å². The fraction of sp³-hybridized carbons (Fsp3) is 0.680. The number of rotatable bonds is 2. The van der Waals surface area contributed by atoms with E-state index in [0.717, 1.165) is 31.7 Å². The number of ether oxygens (including phenoxy) is 1. The van der Waals surface area contributed by atoms with E-state index in [1.165, 1.54) is 42.4 Å². The Balaban J connectivity index is 1.44. The van der Waals surface area contributed by atoms with Gasteiger partial charge < -0.3 is 10.1 Å². The zero-order chi connectivity index (χ0) is 20.2. The van der Waals surface area contributed by atoms with E-state index >= 15 is 0 Å². The van der Waals surface area contributed by atoms with E-state index in [1.54, 1.807) is 0 Å². The fourth-order valence-corrected chi connectivity index (χ4v) is 7.41. The highest BCUT2D eigenvalue weighted by molar-refractivity contribution is 5.73. The van der Waals surface area contributed by atoms with Gasteiger partial charge in [-0.2, -0.15) is 0 Å². The van der Waals surface area contributed by atoms with Crippen LogP contribution in [0.4, 0.5) is 4.79 Å². The number of carbonyl (C=O) groups excluding carboxylic acids is 1. The Morgan fingerprint density at radius 2 is 2.03 bits per heavy atom. The number of carbonyl (C=O) groups is 1. The van der Waals surface area contributed by atoms with Crippen LogP contribution in [0, 0.1) is 28.6 Å². The van der Waals surface area contributed by atoms with Crippen LogP contribution in [0.3, 0.4) is 0 Å². The smallest absolute Gasteiger partial charge is 0.407 e. The number of pyridine rings is 1. The molecule has 1 saturated heterocycles. The molecule has 0 aromatic carbocycles. The van der Waals surface area contributed by atoms with Crippen LogP contribution in [-0.4, -0.2) is 23.7 Å². The number of aromatic nitrogens is 1. The maximum atomic E-state index is 12.0. The standard InChI is InChI=1S/C25H34N2O2/c1-4-16-13-17(15-26-14-16)19-6-7-20-18-5-8-22-25(3,11-12-27-23(28)29-22)21(18)9-10-24(19,20)2/h6,13-15,18,20-22H,4-5,7-12H2,1-3H3,(H,27,28). The Bertz CT molecular complexity index is 849. The zero-order valence-electron chi connectivity index (χ0n) is 18.0. The van der Waals surface area contributed by atoms with Crippen molar-refractivity contribution in [3.05, 3.63) is 35.7 Å². The van der Waals surface area contributed by atoms with E-state index in [0.29, 0.717) is 11.8 Å². The molecule has 3 fully saturated rings. The second-order valence-electron chi connectivity index (χ2n) is 10.3. The van der Waals surface area contributed by atoms with E-state index in [9.17, 15) is 4.79 Å². The van der Waals surface area contributed by atoms with E-state index in [2.05, 4.69) is 49.4 Å². The van der Waals surface area contributed by atoms with Crippen molar-refractivity contribution in [1.29, 1.82) is 0 Å². The molecule has 3 aliphatic carbocycles. The van der Waals surface area contributed by atoms with Crippen LogP contribution in [0.5, 0.6) is 0 Å². The van der Waals surface area contributed by atoms with Crippen LogP contribution in [0.1, 0.15) is 70.4 Å². The van der Waals surface area contributed by atoms with Gasteiger partial charge in [0.1, 0.15) is 6.10 Å². The van der Waals surface area contributed by atoms with Gasteiger partial charge in [-0.15, -0.1) is 0 Å². The highest BCUT2D eigenvalue weighted by Crippen LogP contribution is 2.65. The highest BCUT2D eigenvalue weighted by Gasteiger charge is 2.59. The summed E-state index contributed by atoms with van der Waals surface area (Å²) in [5, 5.41) is 2.94. The van der Waals surface area contributed by atoms with Crippen LogP contribution in [-0.2, 0) is 11.2 Å². The first-order valence-corrected chi connectivity index (χ1v) is 11.5. The number of allylic oxidation sites excluding steroid dienone is 2. The van der Waals surface area contributed by atoms with Gasteiger partial charge in [0.15, 0.2) is 0 Å². The van der Waals surface area contributed by atoms with Crippen molar-refractivity contribution in [2.45, 2.75) is 71.8 Å². The van der Waals surface area contributed by atoms with Crippen molar-refractivity contribution in [2.75, 3.05) is 6.54 Å². The molecule has 1 aliphatic heterocycles. The predicted octanol–water partition coefficient (Wildman–Crippen LogP) is 5.38. The van der Waals surface area contributed by atoms with Gasteiger partial charge in [0.2, 0.25) is 0 Å². The first kappa shape index (κ1) is 19.1. The number of amides is 1.